The molecule has 1 aromatic rings. The fraction of sp³-hybridized carbons (Fsp3) is 0.583. The average molecular weight is 241 g/mol. The molecule has 0 aliphatic rings. The van der Waals surface area contributed by atoms with E-state index in [0.717, 1.165) is 6.42 Å². The van der Waals surface area contributed by atoms with Crippen molar-refractivity contribution in [2.45, 2.75) is 20.0 Å². The lowest BCUT2D eigenvalue weighted by Gasteiger charge is -2.19. The summed E-state index contributed by atoms with van der Waals surface area (Å²) < 4.78 is 10.3. The van der Waals surface area contributed by atoms with Crippen molar-refractivity contribution >= 4 is 5.91 Å². The molecule has 0 atom stereocenters. The van der Waals surface area contributed by atoms with Crippen molar-refractivity contribution in [2.24, 2.45) is 0 Å². The third kappa shape index (κ3) is 3.87. The molecular weight excluding hydrogens is 222 g/mol. The van der Waals surface area contributed by atoms with Crippen molar-refractivity contribution in [1.82, 2.24) is 4.90 Å². The molecule has 0 radical (unpaired) electrons. The standard InChI is InChI=1S/C12H19NO4/c1-3-6-13(7-8-14)12(15)11-5-4-10(17-11)9-16-2/h4-5,14H,3,6-9H2,1-2H3. The van der Waals surface area contributed by atoms with E-state index < -0.39 is 0 Å². The molecule has 0 aromatic carbocycles. The van der Waals surface area contributed by atoms with Crippen molar-refractivity contribution in [3.05, 3.63) is 23.7 Å². The van der Waals surface area contributed by atoms with Gasteiger partial charge in [0.25, 0.3) is 5.91 Å². The van der Waals surface area contributed by atoms with Crippen LogP contribution in [0.3, 0.4) is 0 Å². The predicted octanol–water partition coefficient (Wildman–Crippen LogP) is 1.27. The van der Waals surface area contributed by atoms with Crippen LogP contribution in [0.5, 0.6) is 0 Å². The highest BCUT2D eigenvalue weighted by atomic mass is 16.5. The Kier molecular flexibility index (Phi) is 5.72. The highest BCUT2D eigenvalue weighted by molar-refractivity contribution is 5.91. The first-order valence-electron chi connectivity index (χ1n) is 5.70. The summed E-state index contributed by atoms with van der Waals surface area (Å²) in [6.07, 6.45) is 0.845. The maximum Gasteiger partial charge on any atom is 0.289 e. The Labute approximate surface area is 101 Å². The van der Waals surface area contributed by atoms with Gasteiger partial charge in [-0.25, -0.2) is 0 Å². The number of aliphatic hydroxyl groups is 1. The molecule has 0 bridgehead atoms. The minimum Gasteiger partial charge on any atom is -0.453 e. The van der Waals surface area contributed by atoms with Gasteiger partial charge >= 0.3 is 0 Å². The third-order valence-electron chi connectivity index (χ3n) is 2.31. The predicted molar refractivity (Wildman–Crippen MR) is 62.7 cm³/mol. The smallest absolute Gasteiger partial charge is 0.289 e. The van der Waals surface area contributed by atoms with Crippen LogP contribution in [0, 0.1) is 0 Å². The molecule has 0 fully saturated rings. The Morgan fingerprint density at radius 2 is 2.24 bits per heavy atom. The van der Waals surface area contributed by atoms with Crippen molar-refractivity contribution < 1.29 is 19.1 Å². The number of ether oxygens (including phenoxy) is 1. The summed E-state index contributed by atoms with van der Waals surface area (Å²) in [5.41, 5.74) is 0. The topological polar surface area (TPSA) is 62.9 Å². The monoisotopic (exact) mass is 241 g/mol. The lowest BCUT2D eigenvalue weighted by molar-refractivity contribution is 0.0683. The first kappa shape index (κ1) is 13.7. The van der Waals surface area contributed by atoms with Crippen LogP contribution in [-0.2, 0) is 11.3 Å². The van der Waals surface area contributed by atoms with Gasteiger partial charge in [-0.1, -0.05) is 6.92 Å². The summed E-state index contributed by atoms with van der Waals surface area (Å²) in [5.74, 6) is 0.721. The lowest BCUT2D eigenvalue weighted by Crippen LogP contribution is -2.34. The molecule has 0 aliphatic heterocycles. The summed E-state index contributed by atoms with van der Waals surface area (Å²) in [6.45, 7) is 3.22. The number of methoxy groups -OCH3 is 1. The summed E-state index contributed by atoms with van der Waals surface area (Å²) in [5, 5.41) is 8.90. The van der Waals surface area contributed by atoms with Crippen LogP contribution in [-0.4, -0.2) is 42.7 Å². The number of hydrogen-bond donors (Lipinski definition) is 1. The van der Waals surface area contributed by atoms with Crippen LogP contribution in [0.1, 0.15) is 29.7 Å². The van der Waals surface area contributed by atoms with E-state index in [0.29, 0.717) is 31.2 Å². The summed E-state index contributed by atoms with van der Waals surface area (Å²) in [7, 11) is 1.57. The van der Waals surface area contributed by atoms with Gasteiger partial charge in [-0.05, 0) is 18.6 Å². The Morgan fingerprint density at radius 1 is 1.47 bits per heavy atom. The normalized spacial score (nSPS) is 10.5. The molecule has 1 amide bonds. The molecule has 0 saturated heterocycles. The van der Waals surface area contributed by atoms with Gasteiger partial charge in [-0.2, -0.15) is 0 Å². The number of carbonyl (C=O) groups excluding carboxylic acids is 1. The molecule has 0 spiro atoms. The second kappa shape index (κ2) is 7.09. The van der Waals surface area contributed by atoms with E-state index in [1.165, 1.54) is 0 Å². The van der Waals surface area contributed by atoms with Gasteiger partial charge in [-0.3, -0.25) is 4.79 Å². The van der Waals surface area contributed by atoms with Crippen LogP contribution in [0.2, 0.25) is 0 Å². The first-order chi connectivity index (χ1) is 8.22. The van der Waals surface area contributed by atoms with Gasteiger partial charge in [0.15, 0.2) is 5.76 Å². The van der Waals surface area contributed by atoms with E-state index in [1.54, 1.807) is 24.1 Å². The van der Waals surface area contributed by atoms with E-state index >= 15 is 0 Å². The zero-order valence-electron chi connectivity index (χ0n) is 10.3. The van der Waals surface area contributed by atoms with Crippen molar-refractivity contribution in [3.8, 4) is 0 Å². The third-order valence-corrected chi connectivity index (χ3v) is 2.31. The van der Waals surface area contributed by atoms with Gasteiger partial charge < -0.3 is 19.2 Å². The molecule has 17 heavy (non-hydrogen) atoms. The Balaban J connectivity index is 2.70. The number of furan rings is 1. The van der Waals surface area contributed by atoms with E-state index in [4.69, 9.17) is 14.3 Å². The van der Waals surface area contributed by atoms with Crippen molar-refractivity contribution in [1.29, 1.82) is 0 Å². The van der Waals surface area contributed by atoms with E-state index in [-0.39, 0.29) is 12.5 Å². The largest absolute Gasteiger partial charge is 0.453 e. The Morgan fingerprint density at radius 3 is 2.82 bits per heavy atom. The van der Waals surface area contributed by atoms with Gasteiger partial charge in [0.1, 0.15) is 12.4 Å². The number of rotatable bonds is 7. The molecular formula is C12H19NO4. The van der Waals surface area contributed by atoms with Crippen LogP contribution in [0.15, 0.2) is 16.5 Å². The number of hydrogen-bond acceptors (Lipinski definition) is 4. The zero-order chi connectivity index (χ0) is 12.7. The van der Waals surface area contributed by atoms with Crippen LogP contribution < -0.4 is 0 Å². The lowest BCUT2D eigenvalue weighted by atomic mass is 10.3. The minimum atomic E-state index is -0.191. The number of aliphatic hydroxyl groups excluding tert-OH is 1. The zero-order valence-corrected chi connectivity index (χ0v) is 10.3. The van der Waals surface area contributed by atoms with Crippen LogP contribution in [0.25, 0.3) is 0 Å². The second-order valence-corrected chi connectivity index (χ2v) is 3.71. The van der Waals surface area contributed by atoms with Gasteiger partial charge in [0, 0.05) is 20.2 Å². The van der Waals surface area contributed by atoms with Gasteiger partial charge in [0.05, 0.1) is 6.61 Å². The van der Waals surface area contributed by atoms with E-state index in [2.05, 4.69) is 0 Å². The molecule has 96 valence electrons. The maximum absolute atomic E-state index is 12.0. The molecule has 1 N–H and O–H groups in total. The summed E-state index contributed by atoms with van der Waals surface area (Å²) in [4.78, 5) is 13.6. The Hall–Kier alpha value is -1.33. The summed E-state index contributed by atoms with van der Waals surface area (Å²) >= 11 is 0. The van der Waals surface area contributed by atoms with Crippen LogP contribution in [0.4, 0.5) is 0 Å². The van der Waals surface area contributed by atoms with Gasteiger partial charge in [0.2, 0.25) is 0 Å². The molecule has 1 heterocycles. The highest BCUT2D eigenvalue weighted by Gasteiger charge is 2.18. The SMILES string of the molecule is CCCN(CCO)C(=O)c1ccc(COC)o1. The maximum atomic E-state index is 12.0. The van der Waals surface area contributed by atoms with E-state index in [9.17, 15) is 4.79 Å². The number of carbonyl (C=O) groups is 1. The molecule has 0 aliphatic carbocycles. The molecule has 5 nitrogen and oxygen atoms in total. The average Bonchev–Trinajstić information content (AvgIpc) is 2.77. The number of amides is 1. The fourth-order valence-corrected chi connectivity index (χ4v) is 1.57. The molecule has 5 heteroatoms. The second-order valence-electron chi connectivity index (χ2n) is 3.71. The Bertz CT molecular complexity index is 342. The minimum absolute atomic E-state index is 0.0443. The molecule has 1 aromatic heterocycles. The van der Waals surface area contributed by atoms with Crippen molar-refractivity contribution in [2.75, 3.05) is 26.8 Å². The van der Waals surface area contributed by atoms with Crippen LogP contribution >= 0.6 is 0 Å². The molecule has 0 unspecified atom stereocenters. The number of nitrogens with zero attached hydrogens (tertiary/aromatic N) is 1. The highest BCUT2D eigenvalue weighted by Crippen LogP contribution is 2.11. The van der Waals surface area contributed by atoms with Gasteiger partial charge in [-0.15, -0.1) is 0 Å². The fourth-order valence-electron chi connectivity index (χ4n) is 1.57. The van der Waals surface area contributed by atoms with E-state index in [1.807, 2.05) is 6.92 Å². The molecule has 0 saturated carbocycles. The quantitative estimate of drug-likeness (QED) is 0.781. The van der Waals surface area contributed by atoms with Crippen molar-refractivity contribution in [3.63, 3.8) is 0 Å². The first-order valence-corrected chi connectivity index (χ1v) is 5.70. The summed E-state index contributed by atoms with van der Waals surface area (Å²) in [6, 6.07) is 3.36. The molecule has 1 rings (SSSR count).